The molecule has 0 aliphatic rings. The molecule has 6 N–H and O–H groups in total. The zero-order chi connectivity index (χ0) is 14.5. The first-order valence-electron chi connectivity index (χ1n) is 5.74. The zero-order valence-corrected chi connectivity index (χ0v) is 10.5. The molecule has 20 heavy (non-hydrogen) atoms. The Kier molecular flexibility index (Phi) is 3.80. The first-order chi connectivity index (χ1) is 9.56. The van der Waals surface area contributed by atoms with Crippen molar-refractivity contribution in [1.29, 1.82) is 0 Å². The second-order valence-electron chi connectivity index (χ2n) is 3.96. The zero-order valence-electron chi connectivity index (χ0n) is 10.5. The number of urea groups is 1. The molecule has 0 unspecified atom stereocenters. The largest absolute Gasteiger partial charge is 0.397 e. The SMILES string of the molecule is NC(=O)Nc1ccc(NC(=O)c2ncccc2N)cc1. The van der Waals surface area contributed by atoms with Gasteiger partial charge in [0.15, 0.2) is 5.69 Å². The first-order valence-corrected chi connectivity index (χ1v) is 5.74. The van der Waals surface area contributed by atoms with Gasteiger partial charge in [0.1, 0.15) is 0 Å². The molecule has 0 bridgehead atoms. The quantitative estimate of drug-likeness (QED) is 0.673. The molecule has 1 aromatic heterocycles. The second kappa shape index (κ2) is 5.70. The Balaban J connectivity index is 2.09. The highest BCUT2D eigenvalue weighted by molar-refractivity contribution is 6.06. The molecule has 3 amide bonds. The van der Waals surface area contributed by atoms with Gasteiger partial charge < -0.3 is 22.1 Å². The topological polar surface area (TPSA) is 123 Å². The number of carbonyl (C=O) groups excluding carboxylic acids is 2. The average Bonchev–Trinajstić information content (AvgIpc) is 2.41. The number of hydrogen-bond acceptors (Lipinski definition) is 4. The van der Waals surface area contributed by atoms with Crippen LogP contribution in [0, 0.1) is 0 Å². The van der Waals surface area contributed by atoms with Crippen molar-refractivity contribution in [2.45, 2.75) is 0 Å². The van der Waals surface area contributed by atoms with E-state index in [1.807, 2.05) is 0 Å². The molecule has 0 aliphatic heterocycles. The number of nitrogens with zero attached hydrogens (tertiary/aromatic N) is 1. The highest BCUT2D eigenvalue weighted by Gasteiger charge is 2.10. The van der Waals surface area contributed by atoms with Crippen LogP contribution in [0.15, 0.2) is 42.6 Å². The summed E-state index contributed by atoms with van der Waals surface area (Å²) >= 11 is 0. The van der Waals surface area contributed by atoms with Crippen LogP contribution in [-0.4, -0.2) is 16.9 Å². The summed E-state index contributed by atoms with van der Waals surface area (Å²) in [7, 11) is 0. The lowest BCUT2D eigenvalue weighted by Crippen LogP contribution is -2.19. The molecule has 7 nitrogen and oxygen atoms in total. The van der Waals surface area contributed by atoms with Crippen molar-refractivity contribution in [3.05, 3.63) is 48.3 Å². The van der Waals surface area contributed by atoms with Crippen LogP contribution < -0.4 is 22.1 Å². The number of benzene rings is 1. The van der Waals surface area contributed by atoms with Gasteiger partial charge in [-0.05, 0) is 36.4 Å². The van der Waals surface area contributed by atoms with Gasteiger partial charge in [-0.15, -0.1) is 0 Å². The summed E-state index contributed by atoms with van der Waals surface area (Å²) in [4.78, 5) is 26.5. The summed E-state index contributed by atoms with van der Waals surface area (Å²) in [6, 6.07) is 9.08. The van der Waals surface area contributed by atoms with Crippen molar-refractivity contribution in [1.82, 2.24) is 4.98 Å². The lowest BCUT2D eigenvalue weighted by atomic mass is 10.2. The Morgan fingerprint density at radius 1 is 1.00 bits per heavy atom. The molecule has 2 rings (SSSR count). The maximum absolute atomic E-state index is 12.0. The Morgan fingerprint density at radius 2 is 1.60 bits per heavy atom. The van der Waals surface area contributed by atoms with Gasteiger partial charge in [0, 0.05) is 17.6 Å². The van der Waals surface area contributed by atoms with Crippen molar-refractivity contribution in [2.75, 3.05) is 16.4 Å². The van der Waals surface area contributed by atoms with Gasteiger partial charge in [0.2, 0.25) is 0 Å². The highest BCUT2D eigenvalue weighted by Crippen LogP contribution is 2.15. The number of pyridine rings is 1. The van der Waals surface area contributed by atoms with E-state index in [9.17, 15) is 9.59 Å². The van der Waals surface area contributed by atoms with E-state index >= 15 is 0 Å². The van der Waals surface area contributed by atoms with Crippen LogP contribution in [0.4, 0.5) is 21.9 Å². The minimum atomic E-state index is -0.650. The number of primary amides is 1. The summed E-state index contributed by atoms with van der Waals surface area (Å²) in [5.74, 6) is -0.404. The minimum absolute atomic E-state index is 0.159. The van der Waals surface area contributed by atoms with Crippen LogP contribution in [0.2, 0.25) is 0 Å². The van der Waals surface area contributed by atoms with Crippen molar-refractivity contribution >= 4 is 29.0 Å². The van der Waals surface area contributed by atoms with E-state index in [1.54, 1.807) is 36.4 Å². The van der Waals surface area contributed by atoms with Crippen LogP contribution in [0.5, 0.6) is 0 Å². The number of aromatic nitrogens is 1. The maximum atomic E-state index is 12.0. The Bertz CT molecular complexity index is 639. The van der Waals surface area contributed by atoms with Crippen molar-refractivity contribution < 1.29 is 9.59 Å². The third-order valence-corrected chi connectivity index (χ3v) is 2.46. The molecule has 102 valence electrons. The average molecular weight is 271 g/mol. The molecule has 0 saturated heterocycles. The van der Waals surface area contributed by atoms with E-state index in [-0.39, 0.29) is 5.69 Å². The fourth-order valence-corrected chi connectivity index (χ4v) is 1.58. The summed E-state index contributed by atoms with van der Waals surface area (Å²) in [5, 5.41) is 5.07. The lowest BCUT2D eigenvalue weighted by Gasteiger charge is -2.07. The van der Waals surface area contributed by atoms with Crippen molar-refractivity contribution in [3.63, 3.8) is 0 Å². The number of amides is 3. The van der Waals surface area contributed by atoms with Gasteiger partial charge >= 0.3 is 6.03 Å². The molecule has 0 radical (unpaired) electrons. The summed E-state index contributed by atoms with van der Waals surface area (Å²) in [6.45, 7) is 0. The number of hydrogen-bond donors (Lipinski definition) is 4. The molecular formula is C13H13N5O2. The second-order valence-corrected chi connectivity index (χ2v) is 3.96. The number of nitrogens with one attached hydrogen (secondary N) is 2. The number of nitrogen functional groups attached to an aromatic ring is 1. The van der Waals surface area contributed by atoms with Gasteiger partial charge in [-0.3, -0.25) is 4.79 Å². The molecule has 0 fully saturated rings. The van der Waals surface area contributed by atoms with Crippen molar-refractivity contribution in [2.24, 2.45) is 5.73 Å². The van der Waals surface area contributed by atoms with E-state index < -0.39 is 11.9 Å². The van der Waals surface area contributed by atoms with Gasteiger partial charge in [0.25, 0.3) is 5.91 Å². The van der Waals surface area contributed by atoms with E-state index in [2.05, 4.69) is 15.6 Å². The van der Waals surface area contributed by atoms with E-state index in [4.69, 9.17) is 11.5 Å². The lowest BCUT2D eigenvalue weighted by molar-refractivity contribution is 0.102. The van der Waals surface area contributed by atoms with E-state index in [0.717, 1.165) is 0 Å². The highest BCUT2D eigenvalue weighted by atomic mass is 16.2. The van der Waals surface area contributed by atoms with Crippen LogP contribution in [0.1, 0.15) is 10.5 Å². The van der Waals surface area contributed by atoms with Gasteiger partial charge in [-0.25, -0.2) is 9.78 Å². The van der Waals surface area contributed by atoms with Crippen LogP contribution >= 0.6 is 0 Å². The van der Waals surface area contributed by atoms with E-state index in [1.165, 1.54) is 6.20 Å². The van der Waals surface area contributed by atoms with Crippen LogP contribution in [0.25, 0.3) is 0 Å². The Morgan fingerprint density at radius 3 is 2.15 bits per heavy atom. The summed E-state index contributed by atoms with van der Waals surface area (Å²) in [6.07, 6.45) is 1.49. The van der Waals surface area contributed by atoms with E-state index in [0.29, 0.717) is 17.1 Å². The summed E-state index contributed by atoms with van der Waals surface area (Å²) < 4.78 is 0. The normalized spacial score (nSPS) is 9.80. The fraction of sp³-hybridized carbons (Fsp3) is 0. The first kappa shape index (κ1) is 13.3. The van der Waals surface area contributed by atoms with Gasteiger partial charge in [-0.1, -0.05) is 0 Å². The van der Waals surface area contributed by atoms with Gasteiger partial charge in [-0.2, -0.15) is 0 Å². The third-order valence-electron chi connectivity index (χ3n) is 2.46. The Hall–Kier alpha value is -3.09. The number of rotatable bonds is 3. The predicted octanol–water partition coefficient (Wildman–Crippen LogP) is 1.41. The third kappa shape index (κ3) is 3.22. The predicted molar refractivity (Wildman–Crippen MR) is 76.3 cm³/mol. The van der Waals surface area contributed by atoms with Crippen molar-refractivity contribution in [3.8, 4) is 0 Å². The molecule has 0 atom stereocenters. The molecule has 0 spiro atoms. The number of carbonyl (C=O) groups is 2. The molecule has 7 heteroatoms. The fourth-order valence-electron chi connectivity index (χ4n) is 1.58. The smallest absolute Gasteiger partial charge is 0.316 e. The standard InChI is InChI=1S/C13H13N5O2/c14-10-2-1-7-16-11(10)12(19)17-8-3-5-9(6-4-8)18-13(15)20/h1-7H,14H2,(H,17,19)(H3,15,18,20). The maximum Gasteiger partial charge on any atom is 0.316 e. The molecule has 1 heterocycles. The molecule has 0 saturated carbocycles. The summed E-state index contributed by atoms with van der Waals surface area (Å²) in [5.41, 5.74) is 12.2. The molecule has 1 aromatic carbocycles. The molecular weight excluding hydrogens is 258 g/mol. The van der Waals surface area contributed by atoms with Crippen LogP contribution in [0.3, 0.4) is 0 Å². The number of nitrogens with two attached hydrogens (primary N) is 2. The number of anilines is 3. The van der Waals surface area contributed by atoms with Crippen LogP contribution in [-0.2, 0) is 0 Å². The minimum Gasteiger partial charge on any atom is -0.397 e. The monoisotopic (exact) mass is 271 g/mol. The molecule has 2 aromatic rings. The van der Waals surface area contributed by atoms with Gasteiger partial charge in [0.05, 0.1) is 5.69 Å². The molecule has 0 aliphatic carbocycles. The Labute approximate surface area is 115 Å².